The number of guanidine groups is 1. The Balaban J connectivity index is 1.64. The van der Waals surface area contributed by atoms with Crippen LogP contribution in [0.15, 0.2) is 42.0 Å². The smallest absolute Gasteiger partial charge is 0.191 e. The van der Waals surface area contributed by atoms with Gasteiger partial charge in [-0.25, -0.2) is 4.99 Å². The highest BCUT2D eigenvalue weighted by Crippen LogP contribution is 2.22. The highest BCUT2D eigenvalue weighted by molar-refractivity contribution is 5.86. The van der Waals surface area contributed by atoms with Crippen LogP contribution in [0.5, 0.6) is 0 Å². The van der Waals surface area contributed by atoms with Crippen LogP contribution in [0.2, 0.25) is 0 Å². The lowest BCUT2D eigenvalue weighted by atomic mass is 10.1. The maximum atomic E-state index is 4.63. The molecule has 0 radical (unpaired) electrons. The number of H-pyrrole nitrogens is 1. The first-order valence-electron chi connectivity index (χ1n) is 9.69. The highest BCUT2D eigenvalue weighted by atomic mass is 15.3. The van der Waals surface area contributed by atoms with Crippen molar-refractivity contribution in [1.82, 2.24) is 30.4 Å². The summed E-state index contributed by atoms with van der Waals surface area (Å²) in [7, 11) is 1.95. The summed E-state index contributed by atoms with van der Waals surface area (Å²) in [6, 6.07) is 6.49. The molecular weight excluding hydrogens is 350 g/mol. The van der Waals surface area contributed by atoms with Gasteiger partial charge in [-0.1, -0.05) is 31.2 Å². The Morgan fingerprint density at radius 2 is 2.14 bits per heavy atom. The molecule has 0 aliphatic carbocycles. The van der Waals surface area contributed by atoms with Gasteiger partial charge in [0, 0.05) is 37.2 Å². The number of rotatable bonds is 8. The molecule has 3 N–H and O–H groups in total. The molecule has 1 aromatic carbocycles. The normalized spacial score (nSPS) is 11.8. The van der Waals surface area contributed by atoms with E-state index in [4.69, 9.17) is 0 Å². The summed E-state index contributed by atoms with van der Waals surface area (Å²) in [5.74, 6) is 2.46. The van der Waals surface area contributed by atoms with Crippen molar-refractivity contribution in [2.75, 3.05) is 13.1 Å². The van der Waals surface area contributed by atoms with E-state index >= 15 is 0 Å². The van der Waals surface area contributed by atoms with Gasteiger partial charge in [0.2, 0.25) is 0 Å². The quantitative estimate of drug-likeness (QED) is 0.319. The van der Waals surface area contributed by atoms with Crippen LogP contribution in [-0.2, 0) is 26.4 Å². The van der Waals surface area contributed by atoms with Gasteiger partial charge in [-0.15, -0.1) is 16.8 Å². The van der Waals surface area contributed by atoms with Crippen LogP contribution in [0, 0.1) is 6.92 Å². The Hall–Kier alpha value is -3.09. The number of fused-ring (bicyclic) bond motifs is 1. The molecule has 0 amide bonds. The SMILES string of the molecule is C=CCNC(=NCc1nnc(C)n1C)NCCc1c[nH]c2c(CC)cccc12. The zero-order valence-corrected chi connectivity index (χ0v) is 16.9. The molecule has 0 saturated carbocycles. The van der Waals surface area contributed by atoms with E-state index < -0.39 is 0 Å². The van der Waals surface area contributed by atoms with Gasteiger partial charge in [-0.05, 0) is 30.9 Å². The van der Waals surface area contributed by atoms with Gasteiger partial charge in [0.05, 0.1) is 0 Å². The first-order valence-corrected chi connectivity index (χ1v) is 9.69. The summed E-state index contributed by atoms with van der Waals surface area (Å²) in [6.07, 6.45) is 5.86. The number of hydrogen-bond acceptors (Lipinski definition) is 3. The molecule has 7 nitrogen and oxygen atoms in total. The maximum absolute atomic E-state index is 4.63. The Kier molecular flexibility index (Phi) is 6.47. The highest BCUT2D eigenvalue weighted by Gasteiger charge is 2.08. The molecule has 3 aromatic rings. The van der Waals surface area contributed by atoms with Crippen molar-refractivity contribution in [3.8, 4) is 0 Å². The van der Waals surface area contributed by atoms with Crippen molar-refractivity contribution in [3.63, 3.8) is 0 Å². The largest absolute Gasteiger partial charge is 0.361 e. The molecule has 0 aliphatic heterocycles. The Morgan fingerprint density at radius 1 is 1.29 bits per heavy atom. The molecule has 0 unspecified atom stereocenters. The molecular formula is C21H29N7. The first-order chi connectivity index (χ1) is 13.6. The lowest BCUT2D eigenvalue weighted by Crippen LogP contribution is -2.38. The predicted octanol–water partition coefficient (Wildman–Crippen LogP) is 2.63. The minimum absolute atomic E-state index is 0.469. The van der Waals surface area contributed by atoms with Gasteiger partial charge in [0.15, 0.2) is 11.8 Å². The molecule has 0 saturated heterocycles. The number of aryl methyl sites for hydroxylation is 2. The fourth-order valence-corrected chi connectivity index (χ4v) is 3.17. The second kappa shape index (κ2) is 9.21. The summed E-state index contributed by atoms with van der Waals surface area (Å²) in [5, 5.41) is 16.2. The molecule has 0 spiro atoms. The molecule has 28 heavy (non-hydrogen) atoms. The molecule has 2 heterocycles. The van der Waals surface area contributed by atoms with Crippen LogP contribution in [0.25, 0.3) is 10.9 Å². The van der Waals surface area contributed by atoms with Crippen molar-refractivity contribution >= 4 is 16.9 Å². The van der Waals surface area contributed by atoms with Gasteiger partial charge in [-0.3, -0.25) is 0 Å². The Morgan fingerprint density at radius 3 is 2.86 bits per heavy atom. The molecule has 148 valence electrons. The molecule has 0 aliphatic rings. The van der Waals surface area contributed by atoms with Crippen molar-refractivity contribution in [3.05, 3.63) is 59.8 Å². The molecule has 7 heteroatoms. The Bertz CT molecular complexity index is 964. The lowest BCUT2D eigenvalue weighted by Gasteiger charge is -2.11. The number of nitrogens with zero attached hydrogens (tertiary/aromatic N) is 4. The standard InChI is InChI=1S/C21H29N7/c1-5-11-22-21(25-14-19-27-26-15(3)28(19)4)23-12-10-17-13-24-20-16(6-2)8-7-9-18(17)20/h5,7-9,13,24H,1,6,10-12,14H2,2-4H3,(H2,22,23,25). The fourth-order valence-electron chi connectivity index (χ4n) is 3.17. The summed E-state index contributed by atoms with van der Waals surface area (Å²) in [6.45, 7) is 9.78. The van der Waals surface area contributed by atoms with E-state index in [1.54, 1.807) is 0 Å². The van der Waals surface area contributed by atoms with Crippen molar-refractivity contribution in [1.29, 1.82) is 0 Å². The van der Waals surface area contributed by atoms with Crippen LogP contribution < -0.4 is 10.6 Å². The number of aromatic amines is 1. The summed E-state index contributed by atoms with van der Waals surface area (Å²) >= 11 is 0. The third-order valence-corrected chi connectivity index (χ3v) is 4.93. The number of aliphatic imine (C=N–C) groups is 1. The van der Waals surface area contributed by atoms with Crippen LogP contribution in [0.3, 0.4) is 0 Å². The molecule has 0 bridgehead atoms. The topological polar surface area (TPSA) is 82.9 Å². The van der Waals surface area contributed by atoms with Crippen LogP contribution in [-0.4, -0.2) is 38.8 Å². The van der Waals surface area contributed by atoms with E-state index in [2.05, 4.69) is 68.7 Å². The molecule has 3 rings (SSSR count). The maximum Gasteiger partial charge on any atom is 0.191 e. The van der Waals surface area contributed by atoms with Crippen molar-refractivity contribution in [2.45, 2.75) is 33.2 Å². The second-order valence-electron chi connectivity index (χ2n) is 6.74. The van der Waals surface area contributed by atoms with Crippen LogP contribution in [0.4, 0.5) is 0 Å². The van der Waals surface area contributed by atoms with Gasteiger partial charge in [-0.2, -0.15) is 0 Å². The average Bonchev–Trinajstić information content (AvgIpc) is 3.27. The number of benzene rings is 1. The number of nitrogens with one attached hydrogen (secondary N) is 3. The summed E-state index contributed by atoms with van der Waals surface area (Å²) in [5.41, 5.74) is 3.91. The summed E-state index contributed by atoms with van der Waals surface area (Å²) in [4.78, 5) is 8.06. The third-order valence-electron chi connectivity index (χ3n) is 4.93. The van der Waals surface area contributed by atoms with E-state index in [0.29, 0.717) is 13.1 Å². The number of para-hydroxylation sites is 1. The minimum atomic E-state index is 0.469. The number of hydrogen-bond donors (Lipinski definition) is 3. The first kappa shape index (κ1) is 19.7. The molecule has 0 atom stereocenters. The zero-order chi connectivity index (χ0) is 19.9. The average molecular weight is 380 g/mol. The zero-order valence-electron chi connectivity index (χ0n) is 16.9. The predicted molar refractivity (Wildman–Crippen MR) is 114 cm³/mol. The monoisotopic (exact) mass is 379 g/mol. The van der Waals surface area contributed by atoms with Crippen LogP contribution in [0.1, 0.15) is 29.7 Å². The van der Waals surface area contributed by atoms with Crippen molar-refractivity contribution < 1.29 is 0 Å². The lowest BCUT2D eigenvalue weighted by molar-refractivity contribution is 0.757. The number of aromatic nitrogens is 4. The van der Waals surface area contributed by atoms with Crippen LogP contribution >= 0.6 is 0 Å². The van der Waals surface area contributed by atoms with E-state index in [1.165, 1.54) is 22.0 Å². The second-order valence-corrected chi connectivity index (χ2v) is 6.74. The Labute approximate surface area is 166 Å². The van der Waals surface area contributed by atoms with Gasteiger partial charge >= 0.3 is 0 Å². The van der Waals surface area contributed by atoms with E-state index in [0.717, 1.165) is 37.0 Å². The van der Waals surface area contributed by atoms with Crippen molar-refractivity contribution in [2.24, 2.45) is 12.0 Å². The molecule has 0 fully saturated rings. The third kappa shape index (κ3) is 4.42. The molecule has 2 aromatic heterocycles. The van der Waals surface area contributed by atoms with Gasteiger partial charge < -0.3 is 20.2 Å². The summed E-state index contributed by atoms with van der Waals surface area (Å²) < 4.78 is 1.95. The minimum Gasteiger partial charge on any atom is -0.361 e. The van der Waals surface area contributed by atoms with E-state index in [-0.39, 0.29) is 0 Å². The fraction of sp³-hybridized carbons (Fsp3) is 0.381. The van der Waals surface area contributed by atoms with E-state index in [9.17, 15) is 0 Å². The van der Waals surface area contributed by atoms with Gasteiger partial charge in [0.1, 0.15) is 12.4 Å². The van der Waals surface area contributed by atoms with Gasteiger partial charge in [0.25, 0.3) is 0 Å². The van der Waals surface area contributed by atoms with E-state index in [1.807, 2.05) is 24.6 Å².